The summed E-state index contributed by atoms with van der Waals surface area (Å²) in [6.07, 6.45) is 3.99. The Kier molecular flexibility index (Phi) is 8.16. The van der Waals surface area contributed by atoms with Gasteiger partial charge in [-0.15, -0.1) is 0 Å². The number of fused-ring (bicyclic) bond motifs is 1. The second-order valence-electron chi connectivity index (χ2n) is 7.55. The predicted octanol–water partition coefficient (Wildman–Crippen LogP) is 4.71. The number of halogens is 1. The summed E-state index contributed by atoms with van der Waals surface area (Å²) in [6.45, 7) is 5.51. The zero-order valence-corrected chi connectivity index (χ0v) is 20.0. The largest absolute Gasteiger partial charge is 0.482 e. The van der Waals surface area contributed by atoms with E-state index in [1.807, 2.05) is 12.1 Å². The molecule has 0 N–H and O–H groups in total. The van der Waals surface area contributed by atoms with Crippen molar-refractivity contribution in [3.05, 3.63) is 68.7 Å². The Bertz CT molecular complexity index is 1170. The number of aromatic nitrogens is 2. The Morgan fingerprint density at radius 1 is 1.22 bits per heavy atom. The van der Waals surface area contributed by atoms with Crippen molar-refractivity contribution in [2.75, 3.05) is 6.61 Å². The molecule has 0 spiro atoms. The van der Waals surface area contributed by atoms with Crippen LogP contribution in [0.3, 0.4) is 0 Å². The summed E-state index contributed by atoms with van der Waals surface area (Å²) < 4.78 is 12.7. The Balaban J connectivity index is 1.81. The summed E-state index contributed by atoms with van der Waals surface area (Å²) in [4.78, 5) is 29.4. The molecule has 2 aromatic carbocycles. The van der Waals surface area contributed by atoms with E-state index in [0.717, 1.165) is 22.9 Å². The van der Waals surface area contributed by atoms with Crippen LogP contribution in [0.25, 0.3) is 10.9 Å². The molecule has 7 nitrogen and oxygen atoms in total. The van der Waals surface area contributed by atoms with Crippen molar-refractivity contribution in [3.63, 3.8) is 0 Å². The molecule has 0 fully saturated rings. The summed E-state index contributed by atoms with van der Waals surface area (Å²) in [6, 6.07) is 12.5. The number of hydrogen-bond acceptors (Lipinski definition) is 6. The number of unbranched alkanes of at least 4 members (excludes halogenated alkanes) is 1. The highest BCUT2D eigenvalue weighted by Gasteiger charge is 2.11. The van der Waals surface area contributed by atoms with Crippen molar-refractivity contribution in [1.29, 1.82) is 0 Å². The van der Waals surface area contributed by atoms with Crippen LogP contribution < -0.4 is 10.3 Å². The van der Waals surface area contributed by atoms with Gasteiger partial charge in [0.05, 0.1) is 23.2 Å². The molecule has 168 valence electrons. The van der Waals surface area contributed by atoms with Crippen LogP contribution in [0.1, 0.15) is 45.0 Å². The summed E-state index contributed by atoms with van der Waals surface area (Å²) in [5, 5.41) is 4.94. The van der Waals surface area contributed by atoms with Gasteiger partial charge in [-0.25, -0.2) is 9.78 Å². The van der Waals surface area contributed by atoms with Crippen LogP contribution >= 0.6 is 15.9 Å². The zero-order valence-electron chi connectivity index (χ0n) is 18.4. The molecule has 1 aromatic heterocycles. The maximum absolute atomic E-state index is 13.1. The van der Waals surface area contributed by atoms with Crippen LogP contribution in [0.2, 0.25) is 0 Å². The normalized spacial score (nSPS) is 11.4. The van der Waals surface area contributed by atoms with Gasteiger partial charge in [0.15, 0.2) is 6.61 Å². The molecule has 0 amide bonds. The number of hydrogen-bond donors (Lipinski definition) is 0. The fourth-order valence-corrected chi connectivity index (χ4v) is 3.39. The lowest BCUT2D eigenvalue weighted by molar-refractivity contribution is -0.149. The number of carbonyl (C=O) groups is 1. The van der Waals surface area contributed by atoms with E-state index in [9.17, 15) is 9.59 Å². The number of rotatable bonds is 9. The molecule has 0 atom stereocenters. The minimum Gasteiger partial charge on any atom is -0.482 e. The molecule has 0 saturated heterocycles. The molecule has 3 rings (SSSR count). The number of ether oxygens (including phenoxy) is 2. The molecular formula is C24H26BrN3O4. The van der Waals surface area contributed by atoms with E-state index in [2.05, 4.69) is 32.9 Å². The van der Waals surface area contributed by atoms with E-state index in [1.54, 1.807) is 50.4 Å². The molecule has 0 unspecified atom stereocenters. The average Bonchev–Trinajstić information content (AvgIpc) is 2.76. The molecule has 0 aliphatic rings. The van der Waals surface area contributed by atoms with E-state index in [0.29, 0.717) is 28.9 Å². The standard InChI is InChI=1S/C24H26BrN3O4/c1-4-5-6-22-27-21-12-9-18(25)13-20(21)24(30)28(22)26-14-17-7-10-19(11-8-17)31-15-23(29)32-16(2)3/h7-14,16H,4-6,15H2,1-3H3. The monoisotopic (exact) mass is 499 g/mol. The van der Waals surface area contributed by atoms with Crippen LogP contribution in [0.5, 0.6) is 5.75 Å². The van der Waals surface area contributed by atoms with Crippen LogP contribution in [0.15, 0.2) is 56.8 Å². The van der Waals surface area contributed by atoms with Gasteiger partial charge in [0, 0.05) is 10.9 Å². The van der Waals surface area contributed by atoms with Gasteiger partial charge in [0.25, 0.3) is 5.56 Å². The smallest absolute Gasteiger partial charge is 0.344 e. The molecule has 0 saturated carbocycles. The first-order valence-electron chi connectivity index (χ1n) is 10.5. The van der Waals surface area contributed by atoms with Gasteiger partial charge >= 0.3 is 5.97 Å². The molecule has 0 radical (unpaired) electrons. The second-order valence-corrected chi connectivity index (χ2v) is 8.47. The van der Waals surface area contributed by atoms with Crippen molar-refractivity contribution in [1.82, 2.24) is 9.66 Å². The van der Waals surface area contributed by atoms with Gasteiger partial charge in [-0.1, -0.05) is 29.3 Å². The molecule has 0 aliphatic carbocycles. The lowest BCUT2D eigenvalue weighted by Gasteiger charge is -2.10. The Labute approximate surface area is 195 Å². The Morgan fingerprint density at radius 3 is 2.66 bits per heavy atom. The third-order valence-corrected chi connectivity index (χ3v) is 5.05. The van der Waals surface area contributed by atoms with E-state index < -0.39 is 5.97 Å². The maximum atomic E-state index is 13.1. The summed E-state index contributed by atoms with van der Waals surface area (Å²) in [5.74, 6) is 0.757. The van der Waals surface area contributed by atoms with Crippen LogP contribution in [-0.4, -0.2) is 34.6 Å². The highest BCUT2D eigenvalue weighted by molar-refractivity contribution is 9.10. The predicted molar refractivity (Wildman–Crippen MR) is 128 cm³/mol. The second kappa shape index (κ2) is 11.0. The lowest BCUT2D eigenvalue weighted by atomic mass is 10.2. The number of aryl methyl sites for hydroxylation is 1. The minimum absolute atomic E-state index is 0.153. The molecule has 3 aromatic rings. The van der Waals surface area contributed by atoms with Crippen LogP contribution in [-0.2, 0) is 16.0 Å². The van der Waals surface area contributed by atoms with Gasteiger partial charge in [0.1, 0.15) is 11.6 Å². The Hall–Kier alpha value is -3.00. The van der Waals surface area contributed by atoms with Crippen molar-refractivity contribution in [3.8, 4) is 5.75 Å². The quantitative estimate of drug-likeness (QED) is 0.314. The zero-order chi connectivity index (χ0) is 23.1. The van der Waals surface area contributed by atoms with Gasteiger partial charge in [-0.2, -0.15) is 9.78 Å². The molecule has 8 heteroatoms. The van der Waals surface area contributed by atoms with Gasteiger partial charge < -0.3 is 9.47 Å². The van der Waals surface area contributed by atoms with Crippen molar-refractivity contribution >= 4 is 39.0 Å². The summed E-state index contributed by atoms with van der Waals surface area (Å²) in [7, 11) is 0. The highest BCUT2D eigenvalue weighted by atomic mass is 79.9. The third-order valence-electron chi connectivity index (χ3n) is 4.56. The van der Waals surface area contributed by atoms with Gasteiger partial charge in [-0.05, 0) is 68.3 Å². The van der Waals surface area contributed by atoms with Gasteiger partial charge in [0.2, 0.25) is 0 Å². The van der Waals surface area contributed by atoms with Crippen LogP contribution in [0, 0.1) is 0 Å². The Morgan fingerprint density at radius 2 is 1.97 bits per heavy atom. The van der Waals surface area contributed by atoms with Gasteiger partial charge in [-0.3, -0.25) is 4.79 Å². The topological polar surface area (TPSA) is 82.8 Å². The van der Waals surface area contributed by atoms with E-state index in [-0.39, 0.29) is 18.3 Å². The number of nitrogens with zero attached hydrogens (tertiary/aromatic N) is 3. The molecule has 32 heavy (non-hydrogen) atoms. The minimum atomic E-state index is -0.417. The molecule has 1 heterocycles. The highest BCUT2D eigenvalue weighted by Crippen LogP contribution is 2.17. The maximum Gasteiger partial charge on any atom is 0.344 e. The fraction of sp³-hybridized carbons (Fsp3) is 0.333. The molecule has 0 aliphatic heterocycles. The summed E-state index contributed by atoms with van der Waals surface area (Å²) >= 11 is 3.41. The number of carbonyl (C=O) groups excluding carboxylic acids is 1. The number of esters is 1. The van der Waals surface area contributed by atoms with Crippen molar-refractivity contribution < 1.29 is 14.3 Å². The average molecular weight is 500 g/mol. The molecular weight excluding hydrogens is 474 g/mol. The summed E-state index contributed by atoms with van der Waals surface area (Å²) in [5.41, 5.74) is 1.24. The number of benzene rings is 2. The lowest BCUT2D eigenvalue weighted by Crippen LogP contribution is -2.22. The molecule has 0 bridgehead atoms. The van der Waals surface area contributed by atoms with E-state index >= 15 is 0 Å². The third kappa shape index (κ3) is 6.26. The fourth-order valence-electron chi connectivity index (χ4n) is 3.02. The van der Waals surface area contributed by atoms with Crippen molar-refractivity contribution in [2.45, 2.75) is 46.1 Å². The SMILES string of the molecule is CCCCc1nc2ccc(Br)cc2c(=O)n1N=Cc1ccc(OCC(=O)OC(C)C)cc1. The first kappa shape index (κ1) is 23.7. The first-order valence-corrected chi connectivity index (χ1v) is 11.3. The van der Waals surface area contributed by atoms with Crippen molar-refractivity contribution in [2.24, 2.45) is 5.10 Å². The van der Waals surface area contributed by atoms with E-state index in [1.165, 1.54) is 4.68 Å². The first-order chi connectivity index (χ1) is 15.4. The van der Waals surface area contributed by atoms with Crippen LogP contribution in [0.4, 0.5) is 0 Å². The van der Waals surface area contributed by atoms with E-state index in [4.69, 9.17) is 9.47 Å².